The first kappa shape index (κ1) is 17.9. The minimum Gasteiger partial charge on any atom is -0.497 e. The summed E-state index contributed by atoms with van der Waals surface area (Å²) in [7, 11) is 3.27. The van der Waals surface area contributed by atoms with Crippen LogP contribution in [0, 0.1) is 0 Å². The first-order chi connectivity index (χ1) is 13.7. The third-order valence-corrected chi connectivity index (χ3v) is 4.92. The lowest BCUT2D eigenvalue weighted by Crippen LogP contribution is -2.49. The van der Waals surface area contributed by atoms with Gasteiger partial charge in [-0.3, -0.25) is 9.69 Å². The number of methoxy groups -OCH3 is 2. The van der Waals surface area contributed by atoms with Gasteiger partial charge < -0.3 is 9.47 Å². The Morgan fingerprint density at radius 2 is 1.36 bits per heavy atom. The minimum atomic E-state index is -0.121. The number of carbonyl (C=O) groups is 1. The van der Waals surface area contributed by atoms with E-state index in [0.29, 0.717) is 0 Å². The van der Waals surface area contributed by atoms with E-state index in [2.05, 4.69) is 12.1 Å². The topological polar surface area (TPSA) is 38.8 Å². The minimum absolute atomic E-state index is 0.00911. The molecule has 0 saturated carbocycles. The molecule has 0 unspecified atom stereocenters. The van der Waals surface area contributed by atoms with Gasteiger partial charge in [-0.25, -0.2) is 0 Å². The lowest BCUT2D eigenvalue weighted by Gasteiger charge is -2.43. The summed E-state index contributed by atoms with van der Waals surface area (Å²) in [6.45, 7) is 0. The Morgan fingerprint density at radius 1 is 0.786 bits per heavy atom. The normalized spacial score (nSPS) is 17.4. The zero-order chi connectivity index (χ0) is 19.5. The van der Waals surface area contributed by atoms with Crippen LogP contribution in [0.1, 0.15) is 17.2 Å². The van der Waals surface area contributed by atoms with Crippen LogP contribution in [0.2, 0.25) is 0 Å². The molecule has 3 aromatic rings. The van der Waals surface area contributed by atoms with Crippen molar-refractivity contribution in [1.82, 2.24) is 0 Å². The molecular formula is C24H21NO3. The van der Waals surface area contributed by atoms with Crippen LogP contribution in [0.3, 0.4) is 0 Å². The van der Waals surface area contributed by atoms with Gasteiger partial charge in [0.1, 0.15) is 11.5 Å². The maximum absolute atomic E-state index is 13.0. The maximum Gasteiger partial charge on any atom is 0.257 e. The highest BCUT2D eigenvalue weighted by Crippen LogP contribution is 2.44. The number of amides is 1. The monoisotopic (exact) mass is 371 g/mol. The van der Waals surface area contributed by atoms with Crippen LogP contribution in [0.4, 0.5) is 5.69 Å². The van der Waals surface area contributed by atoms with E-state index in [1.165, 1.54) is 0 Å². The highest BCUT2D eigenvalue weighted by Gasteiger charge is 2.43. The predicted octanol–water partition coefficient (Wildman–Crippen LogP) is 4.88. The first-order valence-corrected chi connectivity index (χ1v) is 9.09. The molecule has 1 heterocycles. The van der Waals surface area contributed by atoms with E-state index >= 15 is 0 Å². The predicted molar refractivity (Wildman–Crippen MR) is 111 cm³/mol. The highest BCUT2D eigenvalue weighted by molar-refractivity contribution is 6.18. The molecule has 0 bridgehead atoms. The second-order valence-corrected chi connectivity index (χ2v) is 6.56. The van der Waals surface area contributed by atoms with Gasteiger partial charge in [0.2, 0.25) is 0 Å². The van der Waals surface area contributed by atoms with Gasteiger partial charge in [-0.2, -0.15) is 0 Å². The first-order valence-electron chi connectivity index (χ1n) is 9.09. The van der Waals surface area contributed by atoms with E-state index in [4.69, 9.17) is 9.47 Å². The molecule has 0 spiro atoms. The van der Waals surface area contributed by atoms with E-state index in [0.717, 1.165) is 33.9 Å². The number of hydrogen-bond donors (Lipinski definition) is 0. The number of nitrogens with zero attached hydrogens (tertiary/aromatic N) is 1. The molecule has 4 nitrogen and oxygen atoms in total. The van der Waals surface area contributed by atoms with Crippen LogP contribution in [0.25, 0.3) is 6.08 Å². The van der Waals surface area contributed by atoms with Crippen molar-refractivity contribution in [2.75, 3.05) is 19.1 Å². The molecule has 140 valence electrons. The van der Waals surface area contributed by atoms with Gasteiger partial charge in [-0.05, 0) is 53.6 Å². The third kappa shape index (κ3) is 3.25. The Bertz CT molecular complexity index is 992. The molecule has 1 aliphatic rings. The zero-order valence-corrected chi connectivity index (χ0v) is 15.8. The fraction of sp³-hybridized carbons (Fsp3) is 0.125. The van der Waals surface area contributed by atoms with Gasteiger partial charge in [-0.1, -0.05) is 42.5 Å². The molecule has 0 aliphatic carbocycles. The molecule has 1 fully saturated rings. The van der Waals surface area contributed by atoms with Gasteiger partial charge in [0, 0.05) is 11.3 Å². The van der Waals surface area contributed by atoms with Gasteiger partial charge >= 0.3 is 0 Å². The van der Waals surface area contributed by atoms with Crippen molar-refractivity contribution in [3.63, 3.8) is 0 Å². The SMILES string of the molecule is COc1ccc(/C=C2\C(=O)N(c3ccc(OC)cc3)[C@@H]2c2ccccc2)cc1. The summed E-state index contributed by atoms with van der Waals surface area (Å²) in [5, 5.41) is 0. The van der Waals surface area contributed by atoms with Crippen LogP contribution in [-0.4, -0.2) is 20.1 Å². The van der Waals surface area contributed by atoms with Gasteiger partial charge in [0.15, 0.2) is 0 Å². The summed E-state index contributed by atoms with van der Waals surface area (Å²) in [5.41, 5.74) is 3.68. The van der Waals surface area contributed by atoms with Crippen molar-refractivity contribution < 1.29 is 14.3 Å². The Balaban J connectivity index is 1.71. The van der Waals surface area contributed by atoms with Crippen molar-refractivity contribution >= 4 is 17.7 Å². The average molecular weight is 371 g/mol. The van der Waals surface area contributed by atoms with E-state index < -0.39 is 0 Å². The number of carbonyl (C=O) groups excluding carboxylic acids is 1. The molecule has 0 aromatic heterocycles. The molecule has 1 saturated heterocycles. The van der Waals surface area contributed by atoms with Gasteiger partial charge in [0.05, 0.1) is 20.3 Å². The van der Waals surface area contributed by atoms with E-state index in [1.807, 2.05) is 77.7 Å². The van der Waals surface area contributed by atoms with Gasteiger partial charge in [0.25, 0.3) is 5.91 Å². The Labute approximate surface area is 164 Å². The summed E-state index contributed by atoms with van der Waals surface area (Å²) < 4.78 is 10.4. The number of hydrogen-bond acceptors (Lipinski definition) is 3. The van der Waals surface area contributed by atoms with E-state index in [-0.39, 0.29) is 11.9 Å². The Hall–Kier alpha value is -3.53. The van der Waals surface area contributed by atoms with Gasteiger partial charge in [-0.15, -0.1) is 0 Å². The molecule has 0 N–H and O–H groups in total. The lowest BCUT2D eigenvalue weighted by atomic mass is 9.86. The Morgan fingerprint density at radius 3 is 1.93 bits per heavy atom. The third-order valence-electron chi connectivity index (χ3n) is 4.92. The lowest BCUT2D eigenvalue weighted by molar-refractivity contribution is -0.118. The molecule has 1 aliphatic heterocycles. The number of rotatable bonds is 5. The van der Waals surface area contributed by atoms with Crippen LogP contribution in [0.15, 0.2) is 84.4 Å². The smallest absolute Gasteiger partial charge is 0.257 e. The zero-order valence-electron chi connectivity index (χ0n) is 15.8. The summed E-state index contributed by atoms with van der Waals surface area (Å²) >= 11 is 0. The van der Waals surface area contributed by atoms with Crippen LogP contribution < -0.4 is 14.4 Å². The van der Waals surface area contributed by atoms with Crippen molar-refractivity contribution in [3.05, 3.63) is 95.6 Å². The second-order valence-electron chi connectivity index (χ2n) is 6.56. The number of ether oxygens (including phenoxy) is 2. The quantitative estimate of drug-likeness (QED) is 0.474. The molecule has 1 amide bonds. The molecule has 28 heavy (non-hydrogen) atoms. The fourth-order valence-corrected chi connectivity index (χ4v) is 3.44. The van der Waals surface area contributed by atoms with Crippen molar-refractivity contribution in [3.8, 4) is 11.5 Å². The summed E-state index contributed by atoms with van der Waals surface area (Å²) in [4.78, 5) is 14.9. The molecular weight excluding hydrogens is 350 g/mol. The molecule has 0 radical (unpaired) electrons. The summed E-state index contributed by atoms with van der Waals surface area (Å²) in [6.07, 6.45) is 1.96. The highest BCUT2D eigenvalue weighted by atomic mass is 16.5. The standard InChI is InChI=1S/C24H21NO3/c1-27-20-12-8-17(9-13-20)16-22-23(18-6-4-3-5-7-18)25(24(22)26)19-10-14-21(28-2)15-11-19/h3-16,23H,1-2H3/b22-16-/t23-/m1/s1. The molecule has 4 rings (SSSR count). The molecule has 4 heteroatoms. The Kier molecular flexibility index (Phi) is 4.85. The maximum atomic E-state index is 13.0. The average Bonchev–Trinajstić information content (AvgIpc) is 2.76. The van der Waals surface area contributed by atoms with Crippen LogP contribution in [-0.2, 0) is 4.79 Å². The van der Waals surface area contributed by atoms with Crippen molar-refractivity contribution in [1.29, 1.82) is 0 Å². The summed E-state index contributed by atoms with van der Waals surface area (Å²) in [6, 6.07) is 25.2. The number of β-lactam (4-membered cyclic amide) rings is 1. The number of benzene rings is 3. The van der Waals surface area contributed by atoms with Crippen LogP contribution in [0.5, 0.6) is 11.5 Å². The molecule has 3 aromatic carbocycles. The molecule has 1 atom stereocenters. The largest absolute Gasteiger partial charge is 0.497 e. The van der Waals surface area contributed by atoms with E-state index in [1.54, 1.807) is 14.2 Å². The fourth-order valence-electron chi connectivity index (χ4n) is 3.44. The number of anilines is 1. The van der Waals surface area contributed by atoms with Crippen molar-refractivity contribution in [2.24, 2.45) is 0 Å². The van der Waals surface area contributed by atoms with Crippen LogP contribution >= 0.6 is 0 Å². The van der Waals surface area contributed by atoms with Crippen molar-refractivity contribution in [2.45, 2.75) is 6.04 Å². The summed E-state index contributed by atoms with van der Waals surface area (Å²) in [5.74, 6) is 1.57. The van der Waals surface area contributed by atoms with E-state index in [9.17, 15) is 4.79 Å². The second kappa shape index (κ2) is 7.61.